The summed E-state index contributed by atoms with van der Waals surface area (Å²) in [5.41, 5.74) is 1.44. The molecule has 34 heavy (non-hydrogen) atoms. The van der Waals surface area contributed by atoms with Crippen LogP contribution in [0.25, 0.3) is 11.2 Å². The summed E-state index contributed by atoms with van der Waals surface area (Å²) in [5, 5.41) is 24.5. The number of halogens is 2. The zero-order valence-electron chi connectivity index (χ0n) is 18.7. The number of hydrogen-bond donors (Lipinski definition) is 3. The van der Waals surface area contributed by atoms with E-state index in [-0.39, 0.29) is 11.7 Å². The third kappa shape index (κ3) is 4.49. The number of aliphatic hydroxyl groups excluding tert-OH is 2. The summed E-state index contributed by atoms with van der Waals surface area (Å²) in [6, 6.07) is 6.47. The van der Waals surface area contributed by atoms with Crippen molar-refractivity contribution in [3.05, 3.63) is 48.3 Å². The van der Waals surface area contributed by atoms with Crippen molar-refractivity contribution < 1.29 is 23.7 Å². The van der Waals surface area contributed by atoms with Gasteiger partial charge >= 0.3 is 0 Å². The number of anilines is 1. The molecule has 2 unspecified atom stereocenters. The fraction of sp³-hybridized carbons (Fsp3) is 0.542. The molecule has 1 saturated heterocycles. The third-order valence-corrected chi connectivity index (χ3v) is 6.97. The normalized spacial score (nSPS) is 29.5. The van der Waals surface area contributed by atoms with Gasteiger partial charge in [0.15, 0.2) is 23.2 Å². The molecule has 6 atom stereocenters. The quantitative estimate of drug-likeness (QED) is 0.484. The Balaban J connectivity index is 1.30. The number of fused-ring (bicyclic) bond motifs is 1. The second kappa shape index (κ2) is 9.89. The van der Waals surface area contributed by atoms with Crippen molar-refractivity contribution in [2.24, 2.45) is 5.92 Å². The topological polar surface area (TPSA) is 105 Å². The van der Waals surface area contributed by atoms with E-state index in [2.05, 4.69) is 20.3 Å². The minimum Gasteiger partial charge on any atom is -0.388 e. The number of aliphatic hydroxyl groups is 2. The van der Waals surface area contributed by atoms with Crippen LogP contribution in [0.3, 0.4) is 0 Å². The Morgan fingerprint density at radius 2 is 1.91 bits per heavy atom. The lowest BCUT2D eigenvalue weighted by atomic mass is 9.87. The lowest BCUT2D eigenvalue weighted by Gasteiger charge is -2.26. The SMILES string of the molecule is O[C@@H]1[C@H](O)[C@H](n2cnc3c(NCC4CCCCC4F)ncnc32)O[C@@H]1CCc1ccccc1F. The number of aromatic nitrogens is 4. The Morgan fingerprint density at radius 1 is 1.09 bits per heavy atom. The van der Waals surface area contributed by atoms with Gasteiger partial charge in [-0.3, -0.25) is 4.57 Å². The molecule has 5 rings (SSSR count). The monoisotopic (exact) mass is 473 g/mol. The maximum absolute atomic E-state index is 14.2. The van der Waals surface area contributed by atoms with Gasteiger partial charge in [0.05, 0.1) is 12.4 Å². The van der Waals surface area contributed by atoms with Crippen LogP contribution in [0.4, 0.5) is 14.6 Å². The molecule has 3 heterocycles. The Bertz CT molecular complexity index is 1130. The van der Waals surface area contributed by atoms with Crippen LogP contribution in [-0.2, 0) is 11.2 Å². The van der Waals surface area contributed by atoms with Gasteiger partial charge in [0.2, 0.25) is 0 Å². The number of hydrogen-bond acceptors (Lipinski definition) is 7. The van der Waals surface area contributed by atoms with E-state index < -0.39 is 30.7 Å². The Kier molecular flexibility index (Phi) is 6.71. The van der Waals surface area contributed by atoms with Crippen LogP contribution in [0, 0.1) is 11.7 Å². The second-order valence-corrected chi connectivity index (χ2v) is 9.16. The standard InChI is InChI=1S/C24H29F2N5O3/c25-16-7-3-1-5-14(16)9-10-18-20(32)21(33)24(34-18)31-13-30-19-22(28-12-29-23(19)31)27-11-15-6-2-4-8-17(15)26/h1,3,5,7,12-13,15,17-18,20-21,24,32-33H,2,4,6,8-11H2,(H,27,28,29)/t15?,17?,18-,20+,21+,24-/m1/s1. The van der Waals surface area contributed by atoms with Crippen LogP contribution < -0.4 is 5.32 Å². The molecule has 3 aromatic rings. The number of aryl methyl sites for hydroxylation is 1. The summed E-state index contributed by atoms with van der Waals surface area (Å²) in [4.78, 5) is 13.0. The van der Waals surface area contributed by atoms with Gasteiger partial charge in [-0.2, -0.15) is 0 Å². The summed E-state index contributed by atoms with van der Waals surface area (Å²) in [7, 11) is 0. The van der Waals surface area contributed by atoms with Crippen LogP contribution >= 0.6 is 0 Å². The average molecular weight is 474 g/mol. The maximum Gasteiger partial charge on any atom is 0.167 e. The van der Waals surface area contributed by atoms with Crippen LogP contribution in [0.15, 0.2) is 36.9 Å². The molecular formula is C24H29F2N5O3. The highest BCUT2D eigenvalue weighted by Crippen LogP contribution is 2.34. The number of alkyl halides is 1. The van der Waals surface area contributed by atoms with E-state index in [4.69, 9.17) is 4.74 Å². The van der Waals surface area contributed by atoms with Gasteiger partial charge in [-0.05, 0) is 37.3 Å². The van der Waals surface area contributed by atoms with Gasteiger partial charge in [0, 0.05) is 12.5 Å². The summed E-state index contributed by atoms with van der Waals surface area (Å²) < 4.78 is 35.7. The largest absolute Gasteiger partial charge is 0.388 e. The van der Waals surface area contributed by atoms with Crippen molar-refractivity contribution in [3.8, 4) is 0 Å². The summed E-state index contributed by atoms with van der Waals surface area (Å²) in [6.45, 7) is 0.458. The van der Waals surface area contributed by atoms with E-state index in [1.807, 2.05) is 0 Å². The molecule has 182 valence electrons. The predicted molar refractivity (Wildman–Crippen MR) is 121 cm³/mol. The summed E-state index contributed by atoms with van der Waals surface area (Å²) in [5.74, 6) is 0.119. The zero-order valence-corrected chi connectivity index (χ0v) is 18.7. The molecule has 0 bridgehead atoms. The first-order valence-electron chi connectivity index (χ1n) is 11.8. The van der Waals surface area contributed by atoms with Crippen molar-refractivity contribution in [2.45, 2.75) is 69.2 Å². The van der Waals surface area contributed by atoms with Crippen LogP contribution in [0.1, 0.15) is 43.9 Å². The molecule has 0 amide bonds. The molecule has 1 saturated carbocycles. The number of nitrogens with one attached hydrogen (secondary N) is 1. The van der Waals surface area contributed by atoms with Crippen LogP contribution in [0.5, 0.6) is 0 Å². The Labute approximate surface area is 196 Å². The first-order valence-corrected chi connectivity index (χ1v) is 11.8. The lowest BCUT2D eigenvalue weighted by molar-refractivity contribution is -0.0368. The van der Waals surface area contributed by atoms with E-state index in [1.54, 1.807) is 22.8 Å². The number of benzene rings is 1. The Hall–Kier alpha value is -2.69. The van der Waals surface area contributed by atoms with Gasteiger partial charge in [-0.15, -0.1) is 0 Å². The van der Waals surface area contributed by atoms with E-state index in [9.17, 15) is 19.0 Å². The van der Waals surface area contributed by atoms with Crippen molar-refractivity contribution in [1.82, 2.24) is 19.5 Å². The molecule has 10 heteroatoms. The highest BCUT2D eigenvalue weighted by molar-refractivity contribution is 5.82. The molecule has 1 aliphatic heterocycles. The first kappa shape index (κ1) is 23.1. The molecule has 0 radical (unpaired) electrons. The molecule has 0 spiro atoms. The number of ether oxygens (including phenoxy) is 1. The van der Waals surface area contributed by atoms with Gasteiger partial charge < -0.3 is 20.3 Å². The molecular weight excluding hydrogens is 444 g/mol. The molecule has 1 aromatic carbocycles. The van der Waals surface area contributed by atoms with Crippen molar-refractivity contribution >= 4 is 17.0 Å². The Morgan fingerprint density at radius 3 is 2.74 bits per heavy atom. The van der Waals surface area contributed by atoms with Crippen LogP contribution in [0.2, 0.25) is 0 Å². The fourth-order valence-corrected chi connectivity index (χ4v) is 4.98. The minimum atomic E-state index is -1.20. The summed E-state index contributed by atoms with van der Waals surface area (Å²) in [6.07, 6.45) is 2.23. The van der Waals surface area contributed by atoms with Gasteiger partial charge in [0.1, 0.15) is 30.5 Å². The molecule has 8 nitrogen and oxygen atoms in total. The molecule has 2 aromatic heterocycles. The van der Waals surface area contributed by atoms with Gasteiger partial charge in [0.25, 0.3) is 0 Å². The second-order valence-electron chi connectivity index (χ2n) is 9.16. The molecule has 2 aliphatic rings. The number of imidazole rings is 1. The smallest absolute Gasteiger partial charge is 0.167 e. The number of nitrogens with zero attached hydrogens (tertiary/aromatic N) is 4. The molecule has 1 aliphatic carbocycles. The first-order chi connectivity index (χ1) is 16.5. The lowest BCUT2D eigenvalue weighted by Crippen LogP contribution is -2.31. The minimum absolute atomic E-state index is 0.0637. The van der Waals surface area contributed by atoms with E-state index in [0.717, 1.165) is 19.3 Å². The van der Waals surface area contributed by atoms with Crippen molar-refractivity contribution in [3.63, 3.8) is 0 Å². The molecule has 2 fully saturated rings. The van der Waals surface area contributed by atoms with E-state index >= 15 is 0 Å². The zero-order chi connectivity index (χ0) is 23.7. The average Bonchev–Trinajstić information content (AvgIpc) is 3.39. The highest BCUT2D eigenvalue weighted by Gasteiger charge is 2.44. The van der Waals surface area contributed by atoms with Gasteiger partial charge in [-0.1, -0.05) is 31.0 Å². The molecule has 3 N–H and O–H groups in total. The number of rotatable bonds is 7. The maximum atomic E-state index is 14.2. The van der Waals surface area contributed by atoms with Crippen molar-refractivity contribution in [1.29, 1.82) is 0 Å². The van der Waals surface area contributed by atoms with Crippen molar-refractivity contribution in [2.75, 3.05) is 11.9 Å². The fourth-order valence-electron chi connectivity index (χ4n) is 4.98. The van der Waals surface area contributed by atoms with Crippen LogP contribution in [-0.4, -0.2) is 60.8 Å². The van der Waals surface area contributed by atoms with Gasteiger partial charge in [-0.25, -0.2) is 23.7 Å². The predicted octanol–water partition coefficient (Wildman–Crippen LogP) is 3.16. The third-order valence-electron chi connectivity index (χ3n) is 6.97. The summed E-state index contributed by atoms with van der Waals surface area (Å²) >= 11 is 0. The van der Waals surface area contributed by atoms with E-state index in [1.165, 1.54) is 18.7 Å². The van der Waals surface area contributed by atoms with E-state index in [0.29, 0.717) is 48.4 Å². The highest BCUT2D eigenvalue weighted by atomic mass is 19.1.